The quantitative estimate of drug-likeness (QED) is 0.189. The molecule has 0 aliphatic rings. The summed E-state index contributed by atoms with van der Waals surface area (Å²) in [6.07, 6.45) is -3.42. The topological polar surface area (TPSA) is 20.2 Å². The van der Waals surface area contributed by atoms with Gasteiger partial charge in [-0.1, -0.05) is 40.0 Å². The molecule has 0 rings (SSSR count). The highest BCUT2D eigenvalue weighted by Crippen LogP contribution is 2.69. The van der Waals surface area contributed by atoms with Crippen LogP contribution in [-0.4, -0.2) is 41.6 Å². The Morgan fingerprint density at radius 3 is 1.33 bits per heavy atom. The number of aliphatic hydroxyl groups is 1. The van der Waals surface area contributed by atoms with Gasteiger partial charge in [0.15, 0.2) is 0 Å². The first-order valence-electron chi connectivity index (χ1n) is 9.03. The number of alkyl halides is 7. The molecule has 0 aromatic heterocycles. The SMILES string of the molecule is CCCC[P+](CCCC)(CCCC)/C(F)=C(\O)C(F)(F)C(F)(F)C(F)(F)F. The number of unbranched alkanes of at least 4 members (excludes halogenated alkanes) is 3. The van der Waals surface area contributed by atoms with Gasteiger partial charge in [-0.15, -0.1) is 0 Å². The number of allylic oxidation sites excluding steroid dienone is 1. The Hall–Kier alpha value is -0.590. The zero-order valence-corrected chi connectivity index (χ0v) is 16.7. The van der Waals surface area contributed by atoms with E-state index in [-0.39, 0.29) is 18.5 Å². The van der Waals surface area contributed by atoms with Crippen LogP contribution in [0.4, 0.5) is 35.1 Å². The lowest BCUT2D eigenvalue weighted by atomic mass is 10.1. The average molecular weight is 431 g/mol. The molecule has 0 saturated carbocycles. The molecule has 0 heterocycles. The highest BCUT2D eigenvalue weighted by atomic mass is 31.2. The van der Waals surface area contributed by atoms with E-state index in [0.717, 1.165) is 0 Å². The van der Waals surface area contributed by atoms with Crippen LogP contribution in [0, 0.1) is 0 Å². The van der Waals surface area contributed by atoms with E-state index >= 15 is 0 Å². The van der Waals surface area contributed by atoms with Crippen LogP contribution >= 0.6 is 7.26 Å². The van der Waals surface area contributed by atoms with Crippen LogP contribution in [0.3, 0.4) is 0 Å². The fourth-order valence-electron chi connectivity index (χ4n) is 2.69. The van der Waals surface area contributed by atoms with Gasteiger partial charge in [0, 0.05) is 0 Å². The number of hydrogen-bond acceptors (Lipinski definition) is 1. The Bertz CT molecular complexity index is 466. The van der Waals surface area contributed by atoms with Crippen molar-refractivity contribution in [3.63, 3.8) is 0 Å². The Morgan fingerprint density at radius 2 is 1.07 bits per heavy atom. The molecule has 0 saturated heterocycles. The van der Waals surface area contributed by atoms with Crippen LogP contribution < -0.4 is 0 Å². The molecule has 1 nitrogen and oxygen atoms in total. The standard InChI is InChI=1S/C17H27F8OP/c1-4-7-10-27(11-8-5-2,12-9-6-3)14(18)13(26)15(19,20)16(21,22)17(23,24)25/h4-12H2,1-3H3/p+1/b14-13-. The summed E-state index contributed by atoms with van der Waals surface area (Å²) in [4.78, 5) is 0. The third-order valence-electron chi connectivity index (χ3n) is 4.48. The van der Waals surface area contributed by atoms with Gasteiger partial charge in [0.05, 0.1) is 25.7 Å². The van der Waals surface area contributed by atoms with Gasteiger partial charge in [0.25, 0.3) is 5.57 Å². The molecule has 0 amide bonds. The molecule has 0 aromatic carbocycles. The maximum Gasteiger partial charge on any atom is 0.460 e. The van der Waals surface area contributed by atoms with Crippen molar-refractivity contribution in [2.75, 3.05) is 18.5 Å². The Morgan fingerprint density at radius 1 is 0.741 bits per heavy atom. The van der Waals surface area contributed by atoms with Gasteiger partial charge in [-0.25, -0.2) is 0 Å². The lowest BCUT2D eigenvalue weighted by Crippen LogP contribution is -2.53. The number of aliphatic hydroxyl groups excluding tert-OH is 1. The van der Waals surface area contributed by atoms with E-state index < -0.39 is 36.6 Å². The summed E-state index contributed by atoms with van der Waals surface area (Å²) in [6, 6.07) is 0. The molecule has 0 spiro atoms. The van der Waals surface area contributed by atoms with Crippen molar-refractivity contribution in [3.05, 3.63) is 11.3 Å². The second-order valence-electron chi connectivity index (χ2n) is 6.66. The molecular formula is C17H28F8OP+. The van der Waals surface area contributed by atoms with E-state index in [1.165, 1.54) is 0 Å². The molecular weight excluding hydrogens is 403 g/mol. The van der Waals surface area contributed by atoms with Crippen molar-refractivity contribution in [3.8, 4) is 0 Å². The van der Waals surface area contributed by atoms with Gasteiger partial charge in [0.1, 0.15) is 0 Å². The molecule has 27 heavy (non-hydrogen) atoms. The normalized spacial score (nSPS) is 15.1. The third-order valence-corrected chi connectivity index (χ3v) is 9.04. The molecule has 0 bridgehead atoms. The van der Waals surface area contributed by atoms with E-state index in [2.05, 4.69) is 0 Å². The van der Waals surface area contributed by atoms with Crippen molar-refractivity contribution >= 4 is 7.26 Å². The van der Waals surface area contributed by atoms with Crippen molar-refractivity contribution in [2.45, 2.75) is 77.3 Å². The number of hydrogen-bond donors (Lipinski definition) is 1. The van der Waals surface area contributed by atoms with Crippen LogP contribution in [-0.2, 0) is 0 Å². The predicted octanol–water partition coefficient (Wildman–Crippen LogP) is 7.93. The molecule has 10 heteroatoms. The van der Waals surface area contributed by atoms with Gasteiger partial charge in [-0.2, -0.15) is 35.1 Å². The van der Waals surface area contributed by atoms with Crippen LogP contribution in [0.5, 0.6) is 0 Å². The maximum atomic E-state index is 15.0. The summed E-state index contributed by atoms with van der Waals surface area (Å²) < 4.78 is 106. The van der Waals surface area contributed by atoms with Crippen molar-refractivity contribution in [1.29, 1.82) is 0 Å². The summed E-state index contributed by atoms with van der Waals surface area (Å²) in [7, 11) is -3.13. The molecule has 0 unspecified atom stereocenters. The predicted molar refractivity (Wildman–Crippen MR) is 93.0 cm³/mol. The summed E-state index contributed by atoms with van der Waals surface area (Å²) in [5, 5.41) is 9.58. The minimum absolute atomic E-state index is 0.0903. The zero-order chi connectivity index (χ0) is 21.5. The lowest BCUT2D eigenvalue weighted by molar-refractivity contribution is -0.349. The summed E-state index contributed by atoms with van der Waals surface area (Å²) in [5.74, 6) is -15.4. The molecule has 0 radical (unpaired) electrons. The second-order valence-corrected chi connectivity index (χ2v) is 10.7. The highest BCUT2D eigenvalue weighted by molar-refractivity contribution is 7.79. The first-order valence-corrected chi connectivity index (χ1v) is 11.4. The van der Waals surface area contributed by atoms with Crippen molar-refractivity contribution in [1.82, 2.24) is 0 Å². The van der Waals surface area contributed by atoms with E-state index in [4.69, 9.17) is 0 Å². The van der Waals surface area contributed by atoms with Gasteiger partial charge < -0.3 is 5.11 Å². The molecule has 0 aromatic rings. The summed E-state index contributed by atoms with van der Waals surface area (Å²) in [5.41, 5.74) is -1.84. The van der Waals surface area contributed by atoms with E-state index in [1.807, 2.05) is 0 Å². The third kappa shape index (κ3) is 5.94. The summed E-state index contributed by atoms with van der Waals surface area (Å²) in [6.45, 7) is 5.30. The van der Waals surface area contributed by atoms with Gasteiger partial charge >= 0.3 is 18.0 Å². The zero-order valence-electron chi connectivity index (χ0n) is 15.8. The second kappa shape index (κ2) is 10.3. The van der Waals surface area contributed by atoms with E-state index in [9.17, 15) is 40.2 Å². The molecule has 1 N–H and O–H groups in total. The minimum atomic E-state index is -6.62. The number of halogens is 8. The van der Waals surface area contributed by atoms with Crippen LogP contribution in [0.2, 0.25) is 0 Å². The van der Waals surface area contributed by atoms with Gasteiger partial charge in [-0.3, -0.25) is 0 Å². The van der Waals surface area contributed by atoms with Gasteiger partial charge in [-0.05, 0) is 19.3 Å². The fraction of sp³-hybridized carbons (Fsp3) is 0.882. The van der Waals surface area contributed by atoms with Crippen LogP contribution in [0.15, 0.2) is 11.3 Å². The first kappa shape index (κ1) is 26.4. The van der Waals surface area contributed by atoms with Crippen LogP contribution in [0.1, 0.15) is 59.3 Å². The van der Waals surface area contributed by atoms with Crippen molar-refractivity contribution in [2.24, 2.45) is 0 Å². The van der Waals surface area contributed by atoms with Crippen molar-refractivity contribution < 1.29 is 40.2 Å². The molecule has 162 valence electrons. The highest BCUT2D eigenvalue weighted by Gasteiger charge is 2.76. The van der Waals surface area contributed by atoms with E-state index in [1.54, 1.807) is 20.8 Å². The molecule has 0 fully saturated rings. The summed E-state index contributed by atoms with van der Waals surface area (Å²) >= 11 is 0. The Balaban J connectivity index is 6.32. The first-order chi connectivity index (χ1) is 12.2. The molecule has 0 aliphatic carbocycles. The molecule has 0 atom stereocenters. The fourth-order valence-corrected chi connectivity index (χ4v) is 7.31. The van der Waals surface area contributed by atoms with E-state index in [0.29, 0.717) is 38.5 Å². The number of rotatable bonds is 12. The lowest BCUT2D eigenvalue weighted by Gasteiger charge is -2.30. The smallest absolute Gasteiger partial charge is 0.460 e. The Kier molecular flexibility index (Phi) is 10.0. The van der Waals surface area contributed by atoms with Gasteiger partial charge in [0.2, 0.25) is 5.76 Å². The Labute approximate surface area is 155 Å². The molecule has 0 aliphatic heterocycles. The maximum absolute atomic E-state index is 15.0. The minimum Gasteiger partial charge on any atom is -0.502 e. The largest absolute Gasteiger partial charge is 0.502 e. The average Bonchev–Trinajstić information content (AvgIpc) is 2.59. The monoisotopic (exact) mass is 431 g/mol. The van der Waals surface area contributed by atoms with Crippen LogP contribution in [0.25, 0.3) is 0 Å².